The van der Waals surface area contributed by atoms with Crippen molar-refractivity contribution in [3.8, 4) is 5.75 Å². The van der Waals surface area contributed by atoms with Gasteiger partial charge in [0.1, 0.15) is 5.75 Å². The van der Waals surface area contributed by atoms with E-state index in [1.807, 2.05) is 18.2 Å². The summed E-state index contributed by atoms with van der Waals surface area (Å²) in [6.07, 6.45) is 3.50. The SMILES string of the molecule is COc1ccc(Br)c(C(=O)C2CCc3cccnc32)c1. The Labute approximate surface area is 126 Å². The van der Waals surface area contributed by atoms with E-state index < -0.39 is 0 Å². The van der Waals surface area contributed by atoms with Crippen LogP contribution in [0.25, 0.3) is 0 Å². The molecule has 1 unspecified atom stereocenters. The minimum Gasteiger partial charge on any atom is -0.497 e. The lowest BCUT2D eigenvalue weighted by Crippen LogP contribution is -2.12. The number of Topliss-reactive ketones (excluding diaryl/α,β-unsaturated/α-hetero) is 1. The number of ketones is 1. The maximum atomic E-state index is 12.8. The third-order valence-corrected chi connectivity index (χ3v) is 4.41. The number of rotatable bonds is 3. The lowest BCUT2D eigenvalue weighted by Gasteiger charge is -2.12. The zero-order valence-electron chi connectivity index (χ0n) is 11.1. The van der Waals surface area contributed by atoms with Gasteiger partial charge in [-0.15, -0.1) is 0 Å². The van der Waals surface area contributed by atoms with Crippen LogP contribution in [0.4, 0.5) is 0 Å². The molecule has 1 heterocycles. The molecule has 1 aromatic carbocycles. The average molecular weight is 332 g/mol. The van der Waals surface area contributed by atoms with Crippen LogP contribution in [-0.4, -0.2) is 17.9 Å². The highest BCUT2D eigenvalue weighted by Gasteiger charge is 2.31. The van der Waals surface area contributed by atoms with Gasteiger partial charge in [0.15, 0.2) is 5.78 Å². The van der Waals surface area contributed by atoms with Crippen LogP contribution in [0.2, 0.25) is 0 Å². The Bertz CT molecular complexity index is 669. The van der Waals surface area contributed by atoms with Crippen molar-refractivity contribution in [2.24, 2.45) is 0 Å². The largest absolute Gasteiger partial charge is 0.497 e. The number of carbonyl (C=O) groups excluding carboxylic acids is 1. The summed E-state index contributed by atoms with van der Waals surface area (Å²) < 4.78 is 6.00. The fourth-order valence-corrected chi connectivity index (χ4v) is 3.12. The van der Waals surface area contributed by atoms with E-state index in [1.165, 1.54) is 5.56 Å². The summed E-state index contributed by atoms with van der Waals surface area (Å²) in [5.74, 6) is 0.652. The van der Waals surface area contributed by atoms with Crippen molar-refractivity contribution in [2.75, 3.05) is 7.11 Å². The summed E-state index contributed by atoms with van der Waals surface area (Å²) in [5.41, 5.74) is 2.77. The van der Waals surface area contributed by atoms with Gasteiger partial charge in [-0.3, -0.25) is 9.78 Å². The molecular weight excluding hydrogens is 318 g/mol. The van der Waals surface area contributed by atoms with Crippen molar-refractivity contribution in [1.29, 1.82) is 0 Å². The zero-order valence-corrected chi connectivity index (χ0v) is 12.7. The number of methoxy groups -OCH3 is 1. The maximum Gasteiger partial charge on any atom is 0.173 e. The van der Waals surface area contributed by atoms with Gasteiger partial charge in [-0.2, -0.15) is 0 Å². The van der Waals surface area contributed by atoms with Crippen molar-refractivity contribution in [3.63, 3.8) is 0 Å². The van der Waals surface area contributed by atoms with Gasteiger partial charge in [-0.05, 0) is 42.7 Å². The van der Waals surface area contributed by atoms with E-state index in [1.54, 1.807) is 19.4 Å². The number of hydrogen-bond acceptors (Lipinski definition) is 3. The second kappa shape index (κ2) is 5.37. The van der Waals surface area contributed by atoms with Gasteiger partial charge in [-0.1, -0.05) is 22.0 Å². The molecular formula is C16H14BrNO2. The molecule has 0 saturated heterocycles. The van der Waals surface area contributed by atoms with Crippen LogP contribution >= 0.6 is 15.9 Å². The van der Waals surface area contributed by atoms with E-state index in [2.05, 4.69) is 27.0 Å². The summed E-state index contributed by atoms with van der Waals surface area (Å²) in [6, 6.07) is 9.44. The Kier molecular flexibility index (Phi) is 3.57. The molecule has 0 bridgehead atoms. The van der Waals surface area contributed by atoms with Crippen LogP contribution in [-0.2, 0) is 6.42 Å². The number of pyridine rings is 1. The van der Waals surface area contributed by atoms with Crippen molar-refractivity contribution in [3.05, 3.63) is 57.8 Å². The van der Waals surface area contributed by atoms with Gasteiger partial charge in [0, 0.05) is 16.2 Å². The fraction of sp³-hybridized carbons (Fsp3) is 0.250. The Balaban J connectivity index is 1.98. The molecule has 0 spiro atoms. The van der Waals surface area contributed by atoms with Crippen molar-refractivity contribution < 1.29 is 9.53 Å². The summed E-state index contributed by atoms with van der Waals surface area (Å²) in [6.45, 7) is 0. The van der Waals surface area contributed by atoms with Crippen LogP contribution in [0.1, 0.15) is 34.0 Å². The summed E-state index contributed by atoms with van der Waals surface area (Å²) in [5, 5.41) is 0. The van der Waals surface area contributed by atoms with E-state index in [0.717, 1.165) is 23.0 Å². The molecule has 3 nitrogen and oxygen atoms in total. The molecule has 1 atom stereocenters. The molecule has 20 heavy (non-hydrogen) atoms. The van der Waals surface area contributed by atoms with Crippen molar-refractivity contribution in [2.45, 2.75) is 18.8 Å². The van der Waals surface area contributed by atoms with Gasteiger partial charge < -0.3 is 4.74 Å². The summed E-state index contributed by atoms with van der Waals surface area (Å²) >= 11 is 3.45. The van der Waals surface area contributed by atoms with Gasteiger partial charge >= 0.3 is 0 Å². The Morgan fingerprint density at radius 3 is 3.05 bits per heavy atom. The number of fused-ring (bicyclic) bond motifs is 1. The first-order valence-corrected chi connectivity index (χ1v) is 7.31. The number of aryl methyl sites for hydroxylation is 1. The lowest BCUT2D eigenvalue weighted by molar-refractivity contribution is 0.0957. The molecule has 2 aromatic rings. The van der Waals surface area contributed by atoms with Gasteiger partial charge in [0.2, 0.25) is 0 Å². The standard InChI is InChI=1S/C16H14BrNO2/c1-20-11-5-7-14(17)13(9-11)16(19)12-6-4-10-3-2-8-18-15(10)12/h2-3,5,7-9,12H,4,6H2,1H3. The third-order valence-electron chi connectivity index (χ3n) is 3.71. The highest BCUT2D eigenvalue weighted by Crippen LogP contribution is 2.36. The minimum absolute atomic E-state index is 0.105. The first-order chi connectivity index (χ1) is 9.70. The molecule has 0 radical (unpaired) electrons. The van der Waals surface area contributed by atoms with E-state index in [9.17, 15) is 4.79 Å². The number of benzene rings is 1. The second-order valence-corrected chi connectivity index (χ2v) is 5.70. The highest BCUT2D eigenvalue weighted by molar-refractivity contribution is 9.10. The number of hydrogen-bond donors (Lipinski definition) is 0. The monoisotopic (exact) mass is 331 g/mol. The molecule has 0 fully saturated rings. The normalized spacial score (nSPS) is 16.8. The van der Waals surface area contributed by atoms with Crippen LogP contribution in [0.3, 0.4) is 0 Å². The fourth-order valence-electron chi connectivity index (χ4n) is 2.68. The number of ether oxygens (including phenoxy) is 1. The predicted octanol–water partition coefficient (Wildman–Crippen LogP) is 3.77. The minimum atomic E-state index is -0.144. The van der Waals surface area contributed by atoms with Crippen molar-refractivity contribution in [1.82, 2.24) is 4.98 Å². The van der Waals surface area contributed by atoms with E-state index in [-0.39, 0.29) is 11.7 Å². The Morgan fingerprint density at radius 1 is 1.40 bits per heavy atom. The topological polar surface area (TPSA) is 39.2 Å². The van der Waals surface area contributed by atoms with Crippen LogP contribution in [0.5, 0.6) is 5.75 Å². The molecule has 4 heteroatoms. The van der Waals surface area contributed by atoms with Crippen molar-refractivity contribution >= 4 is 21.7 Å². The van der Waals surface area contributed by atoms with Gasteiger partial charge in [-0.25, -0.2) is 0 Å². The molecule has 1 aliphatic rings. The number of halogens is 1. The van der Waals surface area contributed by atoms with Gasteiger partial charge in [0.05, 0.1) is 18.7 Å². The van der Waals surface area contributed by atoms with Crippen LogP contribution in [0, 0.1) is 0 Å². The summed E-state index contributed by atoms with van der Waals surface area (Å²) in [7, 11) is 1.60. The predicted molar refractivity (Wildman–Crippen MR) is 80.3 cm³/mol. The second-order valence-electron chi connectivity index (χ2n) is 4.85. The third kappa shape index (κ3) is 2.24. The van der Waals surface area contributed by atoms with Gasteiger partial charge in [0.25, 0.3) is 0 Å². The molecule has 0 saturated carbocycles. The molecule has 102 valence electrons. The van der Waals surface area contributed by atoms with Crippen LogP contribution in [0.15, 0.2) is 41.0 Å². The molecule has 0 amide bonds. The number of carbonyl (C=O) groups is 1. The highest BCUT2D eigenvalue weighted by atomic mass is 79.9. The molecule has 0 aliphatic heterocycles. The summed E-state index contributed by atoms with van der Waals surface area (Å²) in [4.78, 5) is 17.2. The molecule has 3 rings (SSSR count). The van der Waals surface area contributed by atoms with E-state index in [0.29, 0.717) is 11.3 Å². The van der Waals surface area contributed by atoms with E-state index >= 15 is 0 Å². The molecule has 0 N–H and O–H groups in total. The first kappa shape index (κ1) is 13.3. The zero-order chi connectivity index (χ0) is 14.1. The maximum absolute atomic E-state index is 12.8. The average Bonchev–Trinajstić information content (AvgIpc) is 2.91. The quantitative estimate of drug-likeness (QED) is 0.804. The number of nitrogens with zero attached hydrogens (tertiary/aromatic N) is 1. The van der Waals surface area contributed by atoms with E-state index in [4.69, 9.17) is 4.74 Å². The first-order valence-electron chi connectivity index (χ1n) is 6.52. The Hall–Kier alpha value is -1.68. The Morgan fingerprint density at radius 2 is 2.25 bits per heavy atom. The van der Waals surface area contributed by atoms with Crippen LogP contribution < -0.4 is 4.74 Å². The molecule has 1 aliphatic carbocycles. The lowest BCUT2D eigenvalue weighted by atomic mass is 9.95. The smallest absolute Gasteiger partial charge is 0.173 e. The molecule has 1 aromatic heterocycles. The number of aromatic nitrogens is 1.